The number of aryl methyl sites for hydroxylation is 2. The first-order valence-corrected chi connectivity index (χ1v) is 8.09. The minimum atomic E-state index is 0.526. The predicted molar refractivity (Wildman–Crippen MR) is 97.4 cm³/mol. The van der Waals surface area contributed by atoms with Crippen LogP contribution in [0.5, 0.6) is 0 Å². The summed E-state index contributed by atoms with van der Waals surface area (Å²) < 4.78 is 6.11. The van der Waals surface area contributed by atoms with Gasteiger partial charge in [-0.3, -0.25) is 5.41 Å². The van der Waals surface area contributed by atoms with Gasteiger partial charge in [-0.2, -0.15) is 0 Å². The monoisotopic (exact) mass is 309 g/mol. The van der Waals surface area contributed by atoms with Crippen molar-refractivity contribution in [2.75, 3.05) is 23.7 Å². The fraction of sp³-hybridized carbons (Fsp3) is 0.316. The molecule has 0 aliphatic carbocycles. The highest BCUT2D eigenvalue weighted by Gasteiger charge is 2.10. The molecule has 4 heteroatoms. The number of anilines is 2. The second kappa shape index (κ2) is 5.95. The Bertz CT molecular complexity index is 868. The van der Waals surface area contributed by atoms with E-state index in [1.54, 1.807) is 0 Å². The average Bonchev–Trinajstić information content (AvgIpc) is 2.52. The van der Waals surface area contributed by atoms with Crippen LogP contribution in [0, 0.1) is 19.3 Å². The van der Waals surface area contributed by atoms with Gasteiger partial charge in [0, 0.05) is 47.4 Å². The molecule has 0 amide bonds. The molecule has 0 unspecified atom stereocenters. The lowest BCUT2D eigenvalue weighted by molar-refractivity contribution is 0.659. The maximum absolute atomic E-state index is 8.57. The third-order valence-electron chi connectivity index (χ3n) is 4.15. The van der Waals surface area contributed by atoms with Gasteiger partial charge in [0.25, 0.3) is 0 Å². The standard InChI is InChI=1S/C19H23N3O/c1-5-21-15-9-17-13(7-11(15)3)19(20)14-8-12(4)16(22-6-2)10-18(14)23-17/h7-10,20-22H,5-6H2,1-4H3. The van der Waals surface area contributed by atoms with Crippen molar-refractivity contribution in [3.8, 4) is 0 Å². The number of hydrogen-bond acceptors (Lipinski definition) is 4. The van der Waals surface area contributed by atoms with E-state index in [0.717, 1.165) is 57.5 Å². The summed E-state index contributed by atoms with van der Waals surface area (Å²) in [6.45, 7) is 9.97. The van der Waals surface area contributed by atoms with Crippen molar-refractivity contribution in [2.45, 2.75) is 27.7 Å². The van der Waals surface area contributed by atoms with E-state index in [1.807, 2.05) is 24.3 Å². The molecule has 1 aromatic heterocycles. The first-order chi connectivity index (χ1) is 11.0. The summed E-state index contributed by atoms with van der Waals surface area (Å²) in [4.78, 5) is 0. The molecule has 4 nitrogen and oxygen atoms in total. The topological polar surface area (TPSA) is 61.1 Å². The zero-order valence-corrected chi connectivity index (χ0v) is 14.1. The molecule has 120 valence electrons. The van der Waals surface area contributed by atoms with Crippen LogP contribution < -0.4 is 16.0 Å². The summed E-state index contributed by atoms with van der Waals surface area (Å²) in [7, 11) is 0. The van der Waals surface area contributed by atoms with Gasteiger partial charge < -0.3 is 15.1 Å². The van der Waals surface area contributed by atoms with E-state index in [-0.39, 0.29) is 0 Å². The quantitative estimate of drug-likeness (QED) is 0.620. The van der Waals surface area contributed by atoms with Gasteiger partial charge in [0.15, 0.2) is 0 Å². The summed E-state index contributed by atoms with van der Waals surface area (Å²) in [6, 6.07) is 8.06. The van der Waals surface area contributed by atoms with Crippen LogP contribution >= 0.6 is 0 Å². The molecule has 3 N–H and O–H groups in total. The molecule has 0 radical (unpaired) electrons. The van der Waals surface area contributed by atoms with Gasteiger partial charge >= 0.3 is 0 Å². The Labute approximate surface area is 136 Å². The van der Waals surface area contributed by atoms with Gasteiger partial charge in [0.05, 0.1) is 5.36 Å². The van der Waals surface area contributed by atoms with E-state index in [0.29, 0.717) is 5.36 Å². The minimum Gasteiger partial charge on any atom is -0.456 e. The van der Waals surface area contributed by atoms with Crippen molar-refractivity contribution in [2.24, 2.45) is 0 Å². The van der Waals surface area contributed by atoms with Crippen LogP contribution in [0.15, 0.2) is 28.7 Å². The highest BCUT2D eigenvalue weighted by molar-refractivity contribution is 5.93. The smallest absolute Gasteiger partial charge is 0.138 e. The fourth-order valence-corrected chi connectivity index (χ4v) is 2.96. The molecule has 0 aliphatic rings. The van der Waals surface area contributed by atoms with Crippen LogP contribution in [-0.4, -0.2) is 13.1 Å². The SMILES string of the molecule is CCNc1cc2oc3cc(NCC)c(C)cc3c(=N)c2cc1C. The molecular weight excluding hydrogens is 286 g/mol. The van der Waals surface area contributed by atoms with Gasteiger partial charge in [-0.15, -0.1) is 0 Å². The molecule has 0 fully saturated rings. The normalized spacial score (nSPS) is 11.1. The second-order valence-corrected chi connectivity index (χ2v) is 5.86. The molecule has 0 spiro atoms. The number of hydrogen-bond donors (Lipinski definition) is 3. The molecular formula is C19H23N3O. The molecule has 3 aromatic rings. The lowest BCUT2D eigenvalue weighted by Gasteiger charge is -2.12. The summed E-state index contributed by atoms with van der Waals surface area (Å²) in [5.41, 5.74) is 5.86. The van der Waals surface area contributed by atoms with Gasteiger partial charge in [-0.1, -0.05) is 0 Å². The van der Waals surface area contributed by atoms with E-state index >= 15 is 0 Å². The van der Waals surface area contributed by atoms with E-state index in [4.69, 9.17) is 9.83 Å². The zero-order valence-electron chi connectivity index (χ0n) is 14.1. The first-order valence-electron chi connectivity index (χ1n) is 8.09. The summed E-state index contributed by atoms with van der Waals surface area (Å²) in [6.07, 6.45) is 0. The molecule has 3 rings (SSSR count). The number of benzene rings is 2. The molecule has 0 atom stereocenters. The van der Waals surface area contributed by atoms with Gasteiger partial charge in [0.1, 0.15) is 11.2 Å². The Hall–Kier alpha value is -2.49. The molecule has 2 aromatic carbocycles. The third-order valence-corrected chi connectivity index (χ3v) is 4.15. The van der Waals surface area contributed by atoms with E-state index < -0.39 is 0 Å². The maximum Gasteiger partial charge on any atom is 0.138 e. The van der Waals surface area contributed by atoms with Crippen LogP contribution in [0.25, 0.3) is 21.9 Å². The van der Waals surface area contributed by atoms with Crippen LogP contribution in [-0.2, 0) is 0 Å². The highest BCUT2D eigenvalue weighted by Crippen LogP contribution is 2.27. The number of fused-ring (bicyclic) bond motifs is 2. The Morgan fingerprint density at radius 1 is 0.826 bits per heavy atom. The average molecular weight is 309 g/mol. The van der Waals surface area contributed by atoms with Crippen LogP contribution in [0.4, 0.5) is 11.4 Å². The van der Waals surface area contributed by atoms with Crippen molar-refractivity contribution in [3.05, 3.63) is 40.7 Å². The van der Waals surface area contributed by atoms with Crippen LogP contribution in [0.3, 0.4) is 0 Å². The van der Waals surface area contributed by atoms with Gasteiger partial charge in [0.2, 0.25) is 0 Å². The first kappa shape index (κ1) is 15.4. The number of rotatable bonds is 4. The molecule has 0 aliphatic heterocycles. The zero-order chi connectivity index (χ0) is 16.6. The van der Waals surface area contributed by atoms with E-state index in [2.05, 4.69) is 38.3 Å². The van der Waals surface area contributed by atoms with Gasteiger partial charge in [-0.25, -0.2) is 0 Å². The van der Waals surface area contributed by atoms with Crippen LogP contribution in [0.1, 0.15) is 25.0 Å². The number of nitrogens with one attached hydrogen (secondary N) is 3. The fourth-order valence-electron chi connectivity index (χ4n) is 2.96. The highest BCUT2D eigenvalue weighted by atomic mass is 16.3. The van der Waals surface area contributed by atoms with Crippen molar-refractivity contribution >= 4 is 33.3 Å². The largest absolute Gasteiger partial charge is 0.456 e. The molecule has 1 heterocycles. The van der Waals surface area contributed by atoms with Crippen molar-refractivity contribution in [3.63, 3.8) is 0 Å². The Balaban J connectivity index is 2.33. The lowest BCUT2D eigenvalue weighted by atomic mass is 10.1. The lowest BCUT2D eigenvalue weighted by Crippen LogP contribution is -2.06. The molecule has 23 heavy (non-hydrogen) atoms. The van der Waals surface area contributed by atoms with Crippen molar-refractivity contribution in [1.29, 1.82) is 5.41 Å². The molecule has 0 saturated heterocycles. The van der Waals surface area contributed by atoms with Gasteiger partial charge in [-0.05, 0) is 51.0 Å². The minimum absolute atomic E-state index is 0.526. The Morgan fingerprint density at radius 2 is 1.26 bits per heavy atom. The maximum atomic E-state index is 8.57. The Morgan fingerprint density at radius 3 is 1.65 bits per heavy atom. The van der Waals surface area contributed by atoms with Crippen molar-refractivity contribution < 1.29 is 4.42 Å². The van der Waals surface area contributed by atoms with Crippen LogP contribution in [0.2, 0.25) is 0 Å². The third kappa shape index (κ3) is 2.65. The van der Waals surface area contributed by atoms with E-state index in [9.17, 15) is 0 Å². The summed E-state index contributed by atoms with van der Waals surface area (Å²) in [5.74, 6) is 0. The Kier molecular flexibility index (Phi) is 3.99. The predicted octanol–water partition coefficient (Wildman–Crippen LogP) is 4.55. The molecule has 0 saturated carbocycles. The molecule has 0 bridgehead atoms. The van der Waals surface area contributed by atoms with E-state index in [1.165, 1.54) is 0 Å². The second-order valence-electron chi connectivity index (χ2n) is 5.86. The van der Waals surface area contributed by atoms with Crippen molar-refractivity contribution in [1.82, 2.24) is 0 Å². The summed E-state index contributed by atoms with van der Waals surface area (Å²) in [5, 5.41) is 17.5. The summed E-state index contributed by atoms with van der Waals surface area (Å²) >= 11 is 0.